The Bertz CT molecular complexity index is 1800. The maximum atomic E-state index is 15.6. The molecule has 2 atom stereocenters. The summed E-state index contributed by atoms with van der Waals surface area (Å²) in [6.45, 7) is 13.4. The highest BCUT2D eigenvalue weighted by atomic mass is 19.1. The van der Waals surface area contributed by atoms with Crippen LogP contribution in [0, 0.1) is 11.6 Å². The standard InChI is InChI=1S/C37H49F2N9O2/c1-36(2,3)48-28-16-17-46(35(49)50-37(4,5)6)19-24(28)30(22-12-8-10-14-26(22)39)32(41)34(48)44-45-47-18-15-27-23(20-47)29(31(40)33(42)43-27)21-11-7-9-13-25(21)38/h7-14,29-30,43-45H,15-20,40-42H2,1-6H3. The number of nitrogens with zero attached hydrogens (tertiary/aromatic N) is 3. The Balaban J connectivity index is 1.33. The number of nitrogens with two attached hydrogens (primary N) is 3. The molecule has 0 aromatic heterocycles. The van der Waals surface area contributed by atoms with Crippen molar-refractivity contribution in [3.63, 3.8) is 0 Å². The molecule has 13 heteroatoms. The van der Waals surface area contributed by atoms with E-state index in [-0.39, 0.29) is 18.2 Å². The Morgan fingerprint density at radius 2 is 1.44 bits per heavy atom. The van der Waals surface area contributed by atoms with Gasteiger partial charge in [-0.15, -0.1) is 0 Å². The van der Waals surface area contributed by atoms with Gasteiger partial charge in [0.05, 0.1) is 23.2 Å². The number of hydrogen-bond donors (Lipinski definition) is 6. The van der Waals surface area contributed by atoms with Crippen molar-refractivity contribution in [2.24, 2.45) is 17.2 Å². The van der Waals surface area contributed by atoms with Crippen molar-refractivity contribution in [1.82, 2.24) is 31.1 Å². The average Bonchev–Trinajstić information content (AvgIpc) is 3.04. The summed E-state index contributed by atoms with van der Waals surface area (Å²) in [4.78, 5) is 17.1. The van der Waals surface area contributed by atoms with Gasteiger partial charge in [0, 0.05) is 67.1 Å². The van der Waals surface area contributed by atoms with Crippen LogP contribution >= 0.6 is 0 Å². The van der Waals surface area contributed by atoms with Crippen LogP contribution in [-0.4, -0.2) is 58.2 Å². The highest BCUT2D eigenvalue weighted by molar-refractivity contribution is 5.69. The Labute approximate surface area is 292 Å². The predicted molar refractivity (Wildman–Crippen MR) is 189 cm³/mol. The molecule has 0 radical (unpaired) electrons. The smallest absolute Gasteiger partial charge is 0.410 e. The van der Waals surface area contributed by atoms with Crippen LogP contribution < -0.4 is 33.5 Å². The monoisotopic (exact) mass is 689 g/mol. The molecule has 4 aliphatic heterocycles. The number of hydrogen-bond acceptors (Lipinski definition) is 10. The van der Waals surface area contributed by atoms with Gasteiger partial charge in [-0.1, -0.05) is 36.4 Å². The lowest BCUT2D eigenvalue weighted by atomic mass is 9.80. The fourth-order valence-electron chi connectivity index (χ4n) is 7.36. The molecular weight excluding hydrogens is 640 g/mol. The van der Waals surface area contributed by atoms with Gasteiger partial charge in [-0.05, 0) is 64.8 Å². The van der Waals surface area contributed by atoms with Gasteiger partial charge in [0.25, 0.3) is 0 Å². The number of amides is 1. The van der Waals surface area contributed by atoms with E-state index in [1.165, 1.54) is 12.1 Å². The topological polar surface area (TPSA) is 150 Å². The normalized spacial score (nSPS) is 22.0. The number of dihydropyridines is 1. The Morgan fingerprint density at radius 1 is 0.840 bits per heavy atom. The Hall–Kier alpha value is -4.75. The molecule has 1 amide bonds. The summed E-state index contributed by atoms with van der Waals surface area (Å²) >= 11 is 0. The molecule has 4 heterocycles. The highest BCUT2D eigenvalue weighted by Gasteiger charge is 2.43. The van der Waals surface area contributed by atoms with Gasteiger partial charge in [0.15, 0.2) is 0 Å². The second-order valence-electron chi connectivity index (χ2n) is 15.2. The molecule has 0 aliphatic carbocycles. The summed E-state index contributed by atoms with van der Waals surface area (Å²) in [5.74, 6) is -0.995. The second-order valence-corrected chi connectivity index (χ2v) is 15.2. The molecule has 0 fully saturated rings. The van der Waals surface area contributed by atoms with E-state index in [0.29, 0.717) is 66.6 Å². The van der Waals surface area contributed by atoms with E-state index < -0.39 is 29.1 Å². The zero-order valence-corrected chi connectivity index (χ0v) is 29.7. The molecule has 0 saturated heterocycles. The summed E-state index contributed by atoms with van der Waals surface area (Å²) in [7, 11) is 0. The van der Waals surface area contributed by atoms with Crippen LogP contribution in [0.25, 0.3) is 0 Å². The van der Waals surface area contributed by atoms with Crippen molar-refractivity contribution < 1.29 is 18.3 Å². The third-order valence-electron chi connectivity index (χ3n) is 9.50. The number of nitrogens with one attached hydrogen (secondary N) is 3. The third kappa shape index (κ3) is 6.71. The van der Waals surface area contributed by atoms with Crippen molar-refractivity contribution in [2.45, 2.75) is 77.4 Å². The highest BCUT2D eigenvalue weighted by Crippen LogP contribution is 2.46. The molecule has 2 aromatic carbocycles. The SMILES string of the molecule is CC(C)(C)OC(=O)N1CCC2=C(C1)C(c1ccccc1F)C(N)=C(NNN1CCC3=C(C1)C(c1ccccc1F)C(N)=C(N)N3)N2C(C)(C)C. The average molecular weight is 690 g/mol. The molecule has 50 heavy (non-hydrogen) atoms. The van der Waals surface area contributed by atoms with Gasteiger partial charge in [0.2, 0.25) is 0 Å². The largest absolute Gasteiger partial charge is 0.444 e. The summed E-state index contributed by atoms with van der Waals surface area (Å²) < 4.78 is 36.4. The maximum absolute atomic E-state index is 15.6. The van der Waals surface area contributed by atoms with Gasteiger partial charge in [0.1, 0.15) is 28.9 Å². The molecule has 11 nitrogen and oxygen atoms in total. The first-order chi connectivity index (χ1) is 23.5. The van der Waals surface area contributed by atoms with Crippen LogP contribution in [-0.2, 0) is 4.74 Å². The lowest BCUT2D eigenvalue weighted by Crippen LogP contribution is -2.58. The molecule has 0 saturated carbocycles. The van der Waals surface area contributed by atoms with Crippen molar-refractivity contribution in [3.8, 4) is 0 Å². The predicted octanol–water partition coefficient (Wildman–Crippen LogP) is 4.63. The number of carbonyl (C=O) groups is 1. The second kappa shape index (κ2) is 13.2. The summed E-state index contributed by atoms with van der Waals surface area (Å²) in [5.41, 5.74) is 30.8. The zero-order valence-electron chi connectivity index (χ0n) is 29.7. The quantitative estimate of drug-likeness (QED) is 0.246. The summed E-state index contributed by atoms with van der Waals surface area (Å²) in [5, 5.41) is 5.21. The first kappa shape index (κ1) is 35.1. The van der Waals surface area contributed by atoms with Gasteiger partial charge in [-0.3, -0.25) is 5.43 Å². The first-order valence-corrected chi connectivity index (χ1v) is 17.0. The van der Waals surface area contributed by atoms with Crippen molar-refractivity contribution >= 4 is 6.09 Å². The number of allylic oxidation sites excluding steroid dienone is 2. The van der Waals surface area contributed by atoms with Crippen LogP contribution in [0.15, 0.2) is 94.1 Å². The Morgan fingerprint density at radius 3 is 2.02 bits per heavy atom. The number of ether oxygens (including phenoxy) is 1. The molecule has 9 N–H and O–H groups in total. The summed E-state index contributed by atoms with van der Waals surface area (Å²) in [6, 6.07) is 13.2. The van der Waals surface area contributed by atoms with E-state index in [1.54, 1.807) is 41.3 Å². The molecule has 0 bridgehead atoms. The molecular formula is C37H49F2N9O2. The molecule has 2 aromatic rings. The zero-order chi connectivity index (χ0) is 36.1. The number of benzene rings is 2. The van der Waals surface area contributed by atoms with Gasteiger partial charge < -0.3 is 37.1 Å². The van der Waals surface area contributed by atoms with Crippen molar-refractivity contribution in [3.05, 3.63) is 117 Å². The van der Waals surface area contributed by atoms with E-state index in [0.717, 1.165) is 22.5 Å². The van der Waals surface area contributed by atoms with E-state index in [2.05, 4.69) is 41.9 Å². The van der Waals surface area contributed by atoms with E-state index in [9.17, 15) is 4.79 Å². The van der Waals surface area contributed by atoms with E-state index >= 15 is 8.78 Å². The number of rotatable bonds is 5. The van der Waals surface area contributed by atoms with Gasteiger partial charge >= 0.3 is 6.09 Å². The van der Waals surface area contributed by atoms with Crippen LogP contribution in [0.1, 0.15) is 77.3 Å². The first-order valence-electron chi connectivity index (χ1n) is 17.0. The van der Waals surface area contributed by atoms with Crippen molar-refractivity contribution in [1.29, 1.82) is 0 Å². The maximum Gasteiger partial charge on any atom is 0.410 e. The molecule has 0 spiro atoms. The molecule has 6 rings (SSSR count). The van der Waals surface area contributed by atoms with Crippen molar-refractivity contribution in [2.75, 3.05) is 26.2 Å². The number of halogens is 2. The fourth-order valence-corrected chi connectivity index (χ4v) is 7.36. The Kier molecular flexibility index (Phi) is 9.25. The van der Waals surface area contributed by atoms with Crippen LogP contribution in [0.5, 0.6) is 0 Å². The van der Waals surface area contributed by atoms with Crippen LogP contribution in [0.4, 0.5) is 13.6 Å². The van der Waals surface area contributed by atoms with Gasteiger partial charge in [-0.25, -0.2) is 18.6 Å². The van der Waals surface area contributed by atoms with Crippen LogP contribution in [0.3, 0.4) is 0 Å². The number of carbonyl (C=O) groups excluding carboxylic acids is 1. The fraction of sp³-hybridized carbons (Fsp3) is 0.432. The third-order valence-corrected chi connectivity index (χ3v) is 9.50. The molecule has 268 valence electrons. The molecule has 4 aliphatic rings. The summed E-state index contributed by atoms with van der Waals surface area (Å²) in [6.07, 6.45) is 0.695. The van der Waals surface area contributed by atoms with Gasteiger partial charge in [-0.2, -0.15) is 5.53 Å². The van der Waals surface area contributed by atoms with E-state index in [1.807, 2.05) is 25.8 Å². The van der Waals surface area contributed by atoms with Crippen LogP contribution in [0.2, 0.25) is 0 Å². The van der Waals surface area contributed by atoms with E-state index in [4.69, 9.17) is 21.9 Å². The minimum absolute atomic E-state index is 0.239. The lowest BCUT2D eigenvalue weighted by molar-refractivity contribution is 0.0241. The minimum Gasteiger partial charge on any atom is -0.444 e. The minimum atomic E-state index is -0.661. The number of hydrazine groups is 2. The molecule has 2 unspecified atom stereocenters. The lowest BCUT2D eigenvalue weighted by Gasteiger charge is -2.50.